The van der Waals surface area contributed by atoms with Gasteiger partial charge in [-0.3, -0.25) is 4.79 Å². The Morgan fingerprint density at radius 1 is 1.75 bits per heavy atom. The standard InChI is InChI=1S/C4HBrClN3O3/c5-3-2(6)1-7-8(4(3)10)9(11)12/h1H. The maximum absolute atomic E-state index is 11.0. The van der Waals surface area contributed by atoms with Crippen LogP contribution in [0.25, 0.3) is 0 Å². The van der Waals surface area contributed by atoms with Crippen LogP contribution in [0.4, 0.5) is 0 Å². The Labute approximate surface area is 79.0 Å². The molecular formula is C4HBrClN3O3. The molecule has 0 aliphatic heterocycles. The van der Waals surface area contributed by atoms with Gasteiger partial charge in [0.05, 0.1) is 9.82 Å². The Balaban J connectivity index is 3.47. The van der Waals surface area contributed by atoms with Crippen molar-refractivity contribution in [2.24, 2.45) is 0 Å². The summed E-state index contributed by atoms with van der Waals surface area (Å²) in [6, 6.07) is 0. The van der Waals surface area contributed by atoms with Gasteiger partial charge in [-0.2, -0.15) is 0 Å². The predicted molar refractivity (Wildman–Crippen MR) is 43.6 cm³/mol. The topological polar surface area (TPSA) is 78.0 Å². The first-order valence-corrected chi connectivity index (χ1v) is 3.79. The lowest BCUT2D eigenvalue weighted by atomic mass is 10.6. The van der Waals surface area contributed by atoms with E-state index in [1.165, 1.54) is 0 Å². The maximum Gasteiger partial charge on any atom is 0.349 e. The molecule has 8 heteroatoms. The third-order valence-electron chi connectivity index (χ3n) is 1.01. The fourth-order valence-electron chi connectivity index (χ4n) is 0.521. The Morgan fingerprint density at radius 2 is 2.33 bits per heavy atom. The molecule has 0 saturated heterocycles. The van der Waals surface area contributed by atoms with E-state index in [0.29, 0.717) is 0 Å². The van der Waals surface area contributed by atoms with Crippen LogP contribution < -0.4 is 5.56 Å². The number of nitro groups is 1. The highest BCUT2D eigenvalue weighted by atomic mass is 79.9. The SMILES string of the molecule is O=c1c(Br)c(Cl)cnn1[N+](=O)[O-]. The van der Waals surface area contributed by atoms with Gasteiger partial charge in [0, 0.05) is 5.10 Å². The van der Waals surface area contributed by atoms with Crippen molar-refractivity contribution >= 4 is 27.5 Å². The van der Waals surface area contributed by atoms with Crippen molar-refractivity contribution in [2.75, 3.05) is 0 Å². The van der Waals surface area contributed by atoms with Crippen molar-refractivity contribution in [1.82, 2.24) is 9.89 Å². The van der Waals surface area contributed by atoms with Crippen molar-refractivity contribution in [2.45, 2.75) is 0 Å². The highest BCUT2D eigenvalue weighted by Crippen LogP contribution is 2.15. The molecule has 0 atom stereocenters. The molecule has 0 aliphatic carbocycles. The Morgan fingerprint density at radius 3 is 2.83 bits per heavy atom. The minimum atomic E-state index is -0.941. The van der Waals surface area contributed by atoms with Crippen molar-refractivity contribution < 1.29 is 5.03 Å². The van der Waals surface area contributed by atoms with Gasteiger partial charge < -0.3 is 10.1 Å². The zero-order valence-electron chi connectivity index (χ0n) is 5.40. The number of hydrogen-bond acceptors (Lipinski definition) is 4. The zero-order chi connectivity index (χ0) is 9.30. The van der Waals surface area contributed by atoms with Crippen molar-refractivity contribution in [3.05, 3.63) is 36.2 Å². The van der Waals surface area contributed by atoms with E-state index in [1.807, 2.05) is 0 Å². The fourth-order valence-corrected chi connectivity index (χ4v) is 0.906. The second-order valence-electron chi connectivity index (χ2n) is 1.74. The van der Waals surface area contributed by atoms with Crippen molar-refractivity contribution in [1.29, 1.82) is 0 Å². The molecular weight excluding hydrogens is 253 g/mol. The molecule has 0 spiro atoms. The van der Waals surface area contributed by atoms with E-state index >= 15 is 0 Å². The summed E-state index contributed by atoms with van der Waals surface area (Å²) >= 11 is 8.23. The Hall–Kier alpha value is -0.950. The van der Waals surface area contributed by atoms with Crippen LogP contribution in [0.2, 0.25) is 5.02 Å². The monoisotopic (exact) mass is 253 g/mol. The molecule has 0 amide bonds. The summed E-state index contributed by atoms with van der Waals surface area (Å²) in [5.74, 6) is 0. The average molecular weight is 254 g/mol. The largest absolute Gasteiger partial charge is 0.349 e. The van der Waals surface area contributed by atoms with Gasteiger partial charge in [-0.05, 0) is 15.9 Å². The van der Waals surface area contributed by atoms with Crippen LogP contribution in [0.5, 0.6) is 0 Å². The van der Waals surface area contributed by atoms with Crippen LogP contribution in [0.15, 0.2) is 15.5 Å². The predicted octanol–water partition coefficient (Wildman–Crippen LogP) is 0.699. The molecule has 0 aromatic carbocycles. The molecule has 0 unspecified atom stereocenters. The fraction of sp³-hybridized carbons (Fsp3) is 0. The van der Waals surface area contributed by atoms with Gasteiger partial charge >= 0.3 is 5.56 Å². The third-order valence-corrected chi connectivity index (χ3v) is 2.30. The van der Waals surface area contributed by atoms with Gasteiger partial charge in [-0.25, -0.2) is 0 Å². The third kappa shape index (κ3) is 1.46. The minimum Gasteiger partial charge on any atom is -0.339 e. The molecule has 0 saturated carbocycles. The summed E-state index contributed by atoms with van der Waals surface area (Å²) in [6.07, 6.45) is 1.01. The van der Waals surface area contributed by atoms with E-state index in [-0.39, 0.29) is 14.3 Å². The molecule has 6 nitrogen and oxygen atoms in total. The first-order chi connectivity index (χ1) is 5.54. The number of nitrogens with zero attached hydrogens (tertiary/aromatic N) is 3. The smallest absolute Gasteiger partial charge is 0.339 e. The van der Waals surface area contributed by atoms with Crippen molar-refractivity contribution in [3.8, 4) is 0 Å². The molecule has 0 fully saturated rings. The molecule has 1 aromatic heterocycles. The van der Waals surface area contributed by atoms with Crippen LogP contribution in [0.1, 0.15) is 0 Å². The van der Waals surface area contributed by atoms with Gasteiger partial charge in [0.15, 0.2) is 6.20 Å². The second-order valence-corrected chi connectivity index (χ2v) is 2.94. The highest BCUT2D eigenvalue weighted by Gasteiger charge is 2.13. The maximum atomic E-state index is 11.0. The number of hydrogen-bond donors (Lipinski definition) is 0. The van der Waals surface area contributed by atoms with Crippen LogP contribution in [0.3, 0.4) is 0 Å². The molecule has 0 N–H and O–H groups in total. The van der Waals surface area contributed by atoms with E-state index in [9.17, 15) is 14.9 Å². The molecule has 64 valence electrons. The summed E-state index contributed by atoms with van der Waals surface area (Å²) in [5, 5.41) is 12.4. The van der Waals surface area contributed by atoms with E-state index in [1.54, 1.807) is 0 Å². The van der Waals surface area contributed by atoms with Crippen LogP contribution in [-0.2, 0) is 0 Å². The molecule has 0 bridgehead atoms. The average Bonchev–Trinajstić information content (AvgIpc) is 2.00. The minimum absolute atomic E-state index is 0.0399. The summed E-state index contributed by atoms with van der Waals surface area (Å²) in [4.78, 5) is 21.2. The molecule has 1 heterocycles. The molecule has 1 rings (SSSR count). The molecule has 12 heavy (non-hydrogen) atoms. The molecule has 0 radical (unpaired) electrons. The van der Waals surface area contributed by atoms with E-state index in [4.69, 9.17) is 11.6 Å². The summed E-state index contributed by atoms with van der Waals surface area (Å²) in [5.41, 5.74) is -0.896. The zero-order valence-corrected chi connectivity index (χ0v) is 7.74. The van der Waals surface area contributed by atoms with Crippen LogP contribution in [0, 0.1) is 10.1 Å². The summed E-state index contributed by atoms with van der Waals surface area (Å²) in [6.45, 7) is 0. The second kappa shape index (κ2) is 3.20. The first kappa shape index (κ1) is 9.14. The molecule has 0 aliphatic rings. The van der Waals surface area contributed by atoms with Crippen LogP contribution >= 0.6 is 27.5 Å². The van der Waals surface area contributed by atoms with E-state index in [2.05, 4.69) is 21.0 Å². The van der Waals surface area contributed by atoms with E-state index in [0.717, 1.165) is 6.20 Å². The highest BCUT2D eigenvalue weighted by molar-refractivity contribution is 9.10. The van der Waals surface area contributed by atoms with Gasteiger partial charge in [0.2, 0.25) is 0 Å². The van der Waals surface area contributed by atoms with Crippen molar-refractivity contribution in [3.63, 3.8) is 0 Å². The number of halogens is 2. The summed E-state index contributed by atoms with van der Waals surface area (Å²) in [7, 11) is 0. The number of aromatic nitrogens is 2. The normalized spacial score (nSPS) is 9.83. The summed E-state index contributed by atoms with van der Waals surface area (Å²) < 4.78 is -0.0733. The van der Waals surface area contributed by atoms with Gasteiger partial charge in [0.25, 0.3) is 0 Å². The van der Waals surface area contributed by atoms with Gasteiger partial charge in [-0.15, -0.1) is 0 Å². The Kier molecular flexibility index (Phi) is 2.43. The van der Waals surface area contributed by atoms with E-state index < -0.39 is 10.6 Å². The van der Waals surface area contributed by atoms with Gasteiger partial charge in [0.1, 0.15) is 9.50 Å². The van der Waals surface area contributed by atoms with Crippen LogP contribution in [-0.4, -0.2) is 14.9 Å². The molecule has 1 aromatic rings. The first-order valence-electron chi connectivity index (χ1n) is 2.62. The lowest BCUT2D eigenvalue weighted by Gasteiger charge is -1.94. The Bertz CT molecular complexity index is 390. The lowest BCUT2D eigenvalue weighted by Crippen LogP contribution is -2.29. The van der Waals surface area contributed by atoms with Gasteiger partial charge in [-0.1, -0.05) is 11.6 Å². The quantitative estimate of drug-likeness (QED) is 0.546. The number of rotatable bonds is 1. The lowest BCUT2D eigenvalue weighted by molar-refractivity contribution is -0.556.